The minimum atomic E-state index is -1.15. The Kier molecular flexibility index (Phi) is 6.06. The Morgan fingerprint density at radius 2 is 1.87 bits per heavy atom. The van der Waals surface area contributed by atoms with Crippen LogP contribution in [0, 0.1) is 40.4 Å². The molecule has 13 atom stereocenters. The molecule has 214 valence electrons. The summed E-state index contributed by atoms with van der Waals surface area (Å²) >= 11 is 0. The summed E-state index contributed by atoms with van der Waals surface area (Å²) in [5.74, 6) is -0.869. The van der Waals surface area contributed by atoms with E-state index in [4.69, 9.17) is 18.9 Å². The number of fused-ring (bicyclic) bond motifs is 2. The second kappa shape index (κ2) is 8.97. The molecule has 5 aliphatic carbocycles. The van der Waals surface area contributed by atoms with Crippen molar-refractivity contribution in [3.63, 3.8) is 0 Å². The van der Waals surface area contributed by atoms with Gasteiger partial charge in [-0.05, 0) is 43.9 Å². The number of benzene rings is 1. The first-order chi connectivity index (χ1) is 18.8. The lowest BCUT2D eigenvalue weighted by Gasteiger charge is -2.68. The SMILES string of the molecule is CCN1C[C@]2(COC)CC[C@H](O)[C@@]34[C@@H]5C[C@H]6[C@H](OC(=O)c7ccccc7)[C@@H]5[C@](O)(C[C@@H]6OC)C([C@H](OC)[C@H]23)[C@@H]14. The van der Waals surface area contributed by atoms with Crippen molar-refractivity contribution in [3.05, 3.63) is 35.9 Å². The molecule has 1 aliphatic heterocycles. The lowest BCUT2D eigenvalue weighted by atomic mass is 9.43. The summed E-state index contributed by atoms with van der Waals surface area (Å²) in [4.78, 5) is 15.9. The van der Waals surface area contributed by atoms with E-state index < -0.39 is 23.2 Å². The van der Waals surface area contributed by atoms with E-state index in [0.717, 1.165) is 25.9 Å². The first kappa shape index (κ1) is 26.4. The predicted molar refractivity (Wildman–Crippen MR) is 142 cm³/mol. The smallest absolute Gasteiger partial charge is 0.338 e. The fourth-order valence-electron chi connectivity index (χ4n) is 11.6. The average Bonchev–Trinajstić information content (AvgIpc) is 3.38. The van der Waals surface area contributed by atoms with Crippen molar-refractivity contribution in [3.8, 4) is 0 Å². The molecule has 5 saturated carbocycles. The summed E-state index contributed by atoms with van der Waals surface area (Å²) in [5.41, 5.74) is -1.28. The fourth-order valence-corrected chi connectivity index (χ4v) is 11.6. The van der Waals surface area contributed by atoms with Crippen LogP contribution in [0.4, 0.5) is 0 Å². The molecule has 0 aromatic heterocycles. The molecule has 1 aromatic carbocycles. The number of methoxy groups -OCH3 is 3. The van der Waals surface area contributed by atoms with Gasteiger partial charge in [0.25, 0.3) is 0 Å². The molecule has 1 heterocycles. The van der Waals surface area contributed by atoms with Crippen molar-refractivity contribution < 1.29 is 34.0 Å². The topological polar surface area (TPSA) is 97.7 Å². The number of carbonyl (C=O) groups excluding carboxylic acids is 1. The molecule has 6 aliphatic rings. The number of likely N-dealkylation sites (tertiary alicyclic amines) is 1. The van der Waals surface area contributed by atoms with Gasteiger partial charge in [-0.2, -0.15) is 0 Å². The van der Waals surface area contributed by atoms with Crippen LogP contribution in [0.1, 0.15) is 43.0 Å². The van der Waals surface area contributed by atoms with Gasteiger partial charge in [0, 0.05) is 74.8 Å². The van der Waals surface area contributed by atoms with Crippen LogP contribution in [-0.2, 0) is 18.9 Å². The molecule has 1 unspecified atom stereocenters. The third kappa shape index (κ3) is 3.08. The standard InChI is InChI=1S/C31H43NO7/c1-5-32-15-29(16-36-2)12-11-21(33)31-19-13-18-20(37-3)14-30(35,23(27(31)32)25(38-4)26(29)31)22(19)24(18)39-28(34)17-9-7-6-8-10-17/h6-10,18-27,33,35H,5,11-16H2,1-4H3/t18-,19-,20+,21+,22-,23?,24+,25+,26-,27-,29+,30-,31+/m1/s1. The number of ether oxygens (including phenoxy) is 4. The van der Waals surface area contributed by atoms with Crippen molar-refractivity contribution in [2.45, 2.75) is 68.7 Å². The van der Waals surface area contributed by atoms with Crippen LogP contribution in [0.2, 0.25) is 0 Å². The molecule has 8 heteroatoms. The minimum Gasteiger partial charge on any atom is -0.458 e. The highest BCUT2D eigenvalue weighted by molar-refractivity contribution is 5.89. The van der Waals surface area contributed by atoms with Crippen molar-refractivity contribution in [1.29, 1.82) is 0 Å². The molecule has 1 saturated heterocycles. The number of hydrogen-bond donors (Lipinski definition) is 2. The largest absolute Gasteiger partial charge is 0.458 e. The normalized spacial score (nSPS) is 51.1. The first-order valence-corrected chi connectivity index (χ1v) is 14.8. The zero-order valence-corrected chi connectivity index (χ0v) is 23.5. The predicted octanol–water partition coefficient (Wildman–Crippen LogP) is 2.37. The van der Waals surface area contributed by atoms with E-state index in [1.807, 2.05) is 18.2 Å². The van der Waals surface area contributed by atoms with Crippen molar-refractivity contribution in [2.75, 3.05) is 41.0 Å². The molecule has 0 amide bonds. The molecule has 7 rings (SSSR count). The van der Waals surface area contributed by atoms with Crippen LogP contribution < -0.4 is 0 Å². The molecule has 6 fully saturated rings. The monoisotopic (exact) mass is 541 g/mol. The highest BCUT2D eigenvalue weighted by Gasteiger charge is 2.86. The van der Waals surface area contributed by atoms with Gasteiger partial charge >= 0.3 is 5.97 Å². The molecule has 7 bridgehead atoms. The number of hydrogen-bond acceptors (Lipinski definition) is 8. The Morgan fingerprint density at radius 1 is 1.10 bits per heavy atom. The molecule has 0 radical (unpaired) electrons. The summed E-state index contributed by atoms with van der Waals surface area (Å²) in [6.45, 7) is 4.51. The van der Waals surface area contributed by atoms with E-state index in [9.17, 15) is 15.0 Å². The number of nitrogens with zero attached hydrogens (tertiary/aromatic N) is 1. The van der Waals surface area contributed by atoms with Gasteiger partial charge in [0.2, 0.25) is 0 Å². The Bertz CT molecular complexity index is 1120. The van der Waals surface area contributed by atoms with Gasteiger partial charge in [0.1, 0.15) is 6.10 Å². The van der Waals surface area contributed by atoms with E-state index in [-0.39, 0.29) is 59.2 Å². The number of rotatable bonds is 7. The molecule has 1 spiro atoms. The van der Waals surface area contributed by atoms with E-state index in [0.29, 0.717) is 25.0 Å². The Morgan fingerprint density at radius 3 is 2.54 bits per heavy atom. The van der Waals surface area contributed by atoms with Gasteiger partial charge in [0.05, 0.1) is 36.1 Å². The van der Waals surface area contributed by atoms with E-state index >= 15 is 0 Å². The van der Waals surface area contributed by atoms with Crippen LogP contribution in [0.15, 0.2) is 30.3 Å². The summed E-state index contributed by atoms with van der Waals surface area (Å²) in [6, 6.07) is 9.09. The number of aliphatic hydroxyl groups is 2. The van der Waals surface area contributed by atoms with E-state index in [2.05, 4.69) is 11.8 Å². The number of piperidine rings is 1. The number of esters is 1. The van der Waals surface area contributed by atoms with Crippen molar-refractivity contribution in [1.82, 2.24) is 4.90 Å². The van der Waals surface area contributed by atoms with Crippen LogP contribution in [0.5, 0.6) is 0 Å². The maximum Gasteiger partial charge on any atom is 0.338 e. The highest BCUT2D eigenvalue weighted by Crippen LogP contribution is 2.79. The third-order valence-electron chi connectivity index (χ3n) is 12.3. The Hall–Kier alpha value is -1.55. The van der Waals surface area contributed by atoms with Gasteiger partial charge in [-0.1, -0.05) is 25.1 Å². The minimum absolute atomic E-state index is 0.0104. The average molecular weight is 542 g/mol. The maximum atomic E-state index is 13.4. The summed E-state index contributed by atoms with van der Waals surface area (Å²) in [6.07, 6.45) is 1.36. The van der Waals surface area contributed by atoms with E-state index in [1.165, 1.54) is 0 Å². The Balaban J connectivity index is 1.41. The van der Waals surface area contributed by atoms with Gasteiger partial charge in [-0.3, -0.25) is 4.90 Å². The highest BCUT2D eigenvalue weighted by atomic mass is 16.6. The molecular formula is C31H43NO7. The second-order valence-electron chi connectivity index (χ2n) is 13.3. The lowest BCUT2D eigenvalue weighted by Crippen LogP contribution is -2.76. The zero-order chi connectivity index (χ0) is 27.3. The van der Waals surface area contributed by atoms with Crippen LogP contribution in [-0.4, -0.2) is 98.2 Å². The van der Waals surface area contributed by atoms with Crippen LogP contribution in [0.25, 0.3) is 0 Å². The van der Waals surface area contributed by atoms with Crippen LogP contribution >= 0.6 is 0 Å². The van der Waals surface area contributed by atoms with Gasteiger partial charge < -0.3 is 29.2 Å². The molecule has 1 aromatic rings. The quantitative estimate of drug-likeness (QED) is 0.508. The Labute approximate surface area is 230 Å². The van der Waals surface area contributed by atoms with E-state index in [1.54, 1.807) is 33.5 Å². The molecule has 2 N–H and O–H groups in total. The fraction of sp³-hybridized carbons (Fsp3) is 0.774. The molecule has 8 nitrogen and oxygen atoms in total. The van der Waals surface area contributed by atoms with Gasteiger partial charge in [0.15, 0.2) is 0 Å². The zero-order valence-electron chi connectivity index (χ0n) is 23.5. The van der Waals surface area contributed by atoms with Gasteiger partial charge in [-0.15, -0.1) is 0 Å². The van der Waals surface area contributed by atoms with Gasteiger partial charge in [-0.25, -0.2) is 4.79 Å². The van der Waals surface area contributed by atoms with Crippen molar-refractivity contribution in [2.24, 2.45) is 40.4 Å². The lowest BCUT2D eigenvalue weighted by molar-refractivity contribution is -0.272. The number of aliphatic hydroxyl groups excluding tert-OH is 1. The second-order valence-corrected chi connectivity index (χ2v) is 13.3. The maximum absolute atomic E-state index is 13.4. The first-order valence-electron chi connectivity index (χ1n) is 14.8. The summed E-state index contributed by atoms with van der Waals surface area (Å²) in [5, 5.41) is 25.2. The van der Waals surface area contributed by atoms with Crippen LogP contribution in [0.3, 0.4) is 0 Å². The summed E-state index contributed by atoms with van der Waals surface area (Å²) in [7, 11) is 5.24. The number of carbonyl (C=O) groups is 1. The summed E-state index contributed by atoms with van der Waals surface area (Å²) < 4.78 is 24.8. The molecular weight excluding hydrogens is 498 g/mol. The molecule has 39 heavy (non-hydrogen) atoms. The third-order valence-corrected chi connectivity index (χ3v) is 12.3. The van der Waals surface area contributed by atoms with Crippen molar-refractivity contribution >= 4 is 5.97 Å².